The third kappa shape index (κ3) is 4.38. The topological polar surface area (TPSA) is 69.6 Å². The van der Waals surface area contributed by atoms with Gasteiger partial charge in [0.15, 0.2) is 5.11 Å². The van der Waals surface area contributed by atoms with Gasteiger partial charge >= 0.3 is 0 Å². The normalized spacial score (nSPS) is 11.3. The first kappa shape index (κ1) is 15.7. The smallest absolute Gasteiger partial charge is 0.266 e. The van der Waals surface area contributed by atoms with E-state index >= 15 is 0 Å². The van der Waals surface area contributed by atoms with Crippen LogP contribution in [-0.2, 0) is 10.1 Å². The van der Waals surface area contributed by atoms with Crippen molar-refractivity contribution in [3.05, 3.63) is 42.5 Å². The molecule has 2 N–H and O–H groups in total. The van der Waals surface area contributed by atoms with Crippen LogP contribution in [0.2, 0.25) is 0 Å². The second-order valence-electron chi connectivity index (χ2n) is 4.61. The van der Waals surface area contributed by atoms with Crippen molar-refractivity contribution in [3.8, 4) is 0 Å². The highest BCUT2D eigenvalue weighted by Gasteiger charge is 2.09. The van der Waals surface area contributed by atoms with Crippen LogP contribution in [0.1, 0.15) is 0 Å². The number of nitrogens with one attached hydrogen (secondary N) is 1. The molecule has 0 amide bonds. The molecular weight excluding hydrogens is 308 g/mol. The highest BCUT2D eigenvalue weighted by Crippen LogP contribution is 2.21. The molecule has 0 spiro atoms. The fraction of sp³-hybridized carbons (Fsp3) is 0.214. The molecule has 0 heterocycles. The minimum absolute atomic E-state index is 0.0651. The molecule has 0 radical (unpaired) electrons. The molecule has 0 atom stereocenters. The van der Waals surface area contributed by atoms with Crippen molar-refractivity contribution in [2.24, 2.45) is 0 Å². The van der Waals surface area contributed by atoms with E-state index in [1.54, 1.807) is 11.9 Å². The van der Waals surface area contributed by atoms with Gasteiger partial charge in [-0.2, -0.15) is 8.42 Å². The quantitative estimate of drug-likeness (QED) is 0.662. The molecule has 2 aromatic rings. The van der Waals surface area contributed by atoms with Gasteiger partial charge in [-0.15, -0.1) is 0 Å². The van der Waals surface area contributed by atoms with Crippen molar-refractivity contribution in [1.29, 1.82) is 0 Å². The molecule has 0 saturated heterocycles. The zero-order valence-electron chi connectivity index (χ0n) is 11.5. The molecule has 0 saturated carbocycles. The second-order valence-corrected chi connectivity index (χ2v) is 6.57. The average Bonchev–Trinajstić information content (AvgIpc) is 2.44. The van der Waals surface area contributed by atoms with Crippen LogP contribution in [0, 0.1) is 0 Å². The van der Waals surface area contributed by atoms with Gasteiger partial charge in [-0.1, -0.05) is 30.3 Å². The predicted molar refractivity (Wildman–Crippen MR) is 89.4 cm³/mol. The van der Waals surface area contributed by atoms with Gasteiger partial charge in [0.05, 0.1) is 5.75 Å². The highest BCUT2D eigenvalue weighted by atomic mass is 32.2. The van der Waals surface area contributed by atoms with E-state index in [4.69, 9.17) is 16.8 Å². The fourth-order valence-electron chi connectivity index (χ4n) is 1.91. The average molecular weight is 324 g/mol. The lowest BCUT2D eigenvalue weighted by molar-refractivity contribution is 0.482. The molecule has 0 aliphatic carbocycles. The van der Waals surface area contributed by atoms with Crippen molar-refractivity contribution in [3.63, 3.8) is 0 Å². The van der Waals surface area contributed by atoms with Gasteiger partial charge in [0.2, 0.25) is 0 Å². The molecule has 21 heavy (non-hydrogen) atoms. The number of rotatable bonds is 4. The van der Waals surface area contributed by atoms with Gasteiger partial charge in [0.25, 0.3) is 10.1 Å². The van der Waals surface area contributed by atoms with Crippen LogP contribution < -0.4 is 10.2 Å². The number of hydrogen-bond acceptors (Lipinski definition) is 3. The SMILES string of the molecule is CN(C(=S)NCCS(=O)(=O)O)c1ccc2ccccc2c1. The summed E-state index contributed by atoms with van der Waals surface area (Å²) in [7, 11) is -2.18. The van der Waals surface area contributed by atoms with E-state index in [1.807, 2.05) is 42.5 Å². The van der Waals surface area contributed by atoms with Crippen molar-refractivity contribution >= 4 is 43.9 Å². The number of hydrogen-bond donors (Lipinski definition) is 2. The molecule has 2 rings (SSSR count). The first-order chi connectivity index (χ1) is 9.87. The van der Waals surface area contributed by atoms with Crippen LogP contribution in [-0.4, -0.2) is 37.4 Å². The maximum absolute atomic E-state index is 10.7. The summed E-state index contributed by atoms with van der Waals surface area (Å²) in [6.45, 7) is 0.0651. The Morgan fingerprint density at radius 2 is 1.90 bits per heavy atom. The Balaban J connectivity index is 2.06. The van der Waals surface area contributed by atoms with Crippen LogP contribution in [0.15, 0.2) is 42.5 Å². The zero-order valence-corrected chi connectivity index (χ0v) is 13.1. The molecule has 5 nitrogen and oxygen atoms in total. The summed E-state index contributed by atoms with van der Waals surface area (Å²) in [5.74, 6) is -0.376. The van der Waals surface area contributed by atoms with Gasteiger partial charge in [0.1, 0.15) is 0 Å². The molecule has 0 unspecified atom stereocenters. The van der Waals surface area contributed by atoms with Gasteiger partial charge in [-0.25, -0.2) is 0 Å². The van der Waals surface area contributed by atoms with Crippen LogP contribution in [0.5, 0.6) is 0 Å². The molecule has 0 aromatic heterocycles. The molecule has 0 bridgehead atoms. The molecule has 2 aromatic carbocycles. The Morgan fingerprint density at radius 1 is 1.24 bits per heavy atom. The first-order valence-electron chi connectivity index (χ1n) is 6.32. The van der Waals surface area contributed by atoms with Crippen molar-refractivity contribution in [1.82, 2.24) is 5.32 Å². The second kappa shape index (κ2) is 6.38. The van der Waals surface area contributed by atoms with Crippen LogP contribution in [0.3, 0.4) is 0 Å². The van der Waals surface area contributed by atoms with Gasteiger partial charge in [-0.05, 0) is 35.1 Å². The third-order valence-electron chi connectivity index (χ3n) is 3.06. The minimum atomic E-state index is -3.98. The van der Waals surface area contributed by atoms with E-state index in [1.165, 1.54) is 0 Å². The minimum Gasteiger partial charge on any atom is -0.361 e. The Kier molecular flexibility index (Phi) is 4.76. The number of nitrogens with zero attached hydrogens (tertiary/aromatic N) is 1. The lowest BCUT2D eigenvalue weighted by atomic mass is 10.1. The summed E-state index contributed by atoms with van der Waals surface area (Å²) in [5, 5.41) is 5.44. The molecule has 0 aliphatic rings. The number of anilines is 1. The monoisotopic (exact) mass is 324 g/mol. The summed E-state index contributed by atoms with van der Waals surface area (Å²) in [5.41, 5.74) is 0.901. The summed E-state index contributed by atoms with van der Waals surface area (Å²) >= 11 is 5.21. The lowest BCUT2D eigenvalue weighted by Crippen LogP contribution is -2.39. The summed E-state index contributed by atoms with van der Waals surface area (Å²) in [6, 6.07) is 13.9. The number of thiocarbonyl (C=S) groups is 1. The van der Waals surface area contributed by atoms with Crippen LogP contribution >= 0.6 is 12.2 Å². The Morgan fingerprint density at radius 3 is 2.57 bits per heavy atom. The highest BCUT2D eigenvalue weighted by molar-refractivity contribution is 7.85. The molecule has 7 heteroatoms. The van der Waals surface area contributed by atoms with E-state index in [0.717, 1.165) is 16.5 Å². The van der Waals surface area contributed by atoms with Crippen LogP contribution in [0.25, 0.3) is 10.8 Å². The van der Waals surface area contributed by atoms with E-state index in [0.29, 0.717) is 5.11 Å². The third-order valence-corrected chi connectivity index (χ3v) is 4.20. The van der Waals surface area contributed by atoms with E-state index in [9.17, 15) is 8.42 Å². The predicted octanol–water partition coefficient (Wildman–Crippen LogP) is 2.04. The molecule has 0 aliphatic heterocycles. The largest absolute Gasteiger partial charge is 0.361 e. The Hall–Kier alpha value is -1.70. The van der Waals surface area contributed by atoms with Crippen molar-refractivity contribution in [2.45, 2.75) is 0 Å². The van der Waals surface area contributed by atoms with Crippen LogP contribution in [0.4, 0.5) is 5.69 Å². The number of benzene rings is 2. The Bertz CT molecular complexity index is 760. The maximum atomic E-state index is 10.7. The van der Waals surface area contributed by atoms with E-state index < -0.39 is 10.1 Å². The standard InChI is InChI=1S/C14H16N2O3S2/c1-16(14(20)15-8-9-21(17,18)19)13-7-6-11-4-2-3-5-12(11)10-13/h2-7,10H,8-9H2,1H3,(H,15,20)(H,17,18,19). The van der Waals surface area contributed by atoms with E-state index in [-0.39, 0.29) is 12.3 Å². The molecule has 112 valence electrons. The summed E-state index contributed by atoms with van der Waals surface area (Å²) in [6.07, 6.45) is 0. The lowest BCUT2D eigenvalue weighted by Gasteiger charge is -2.21. The van der Waals surface area contributed by atoms with Gasteiger partial charge in [0, 0.05) is 19.3 Å². The Labute approximate surface area is 129 Å². The summed E-state index contributed by atoms with van der Waals surface area (Å²) in [4.78, 5) is 1.76. The van der Waals surface area contributed by atoms with Gasteiger partial charge < -0.3 is 10.2 Å². The maximum Gasteiger partial charge on any atom is 0.266 e. The van der Waals surface area contributed by atoms with Gasteiger partial charge in [-0.3, -0.25) is 4.55 Å². The van der Waals surface area contributed by atoms with Crippen molar-refractivity contribution in [2.75, 3.05) is 24.2 Å². The molecule has 0 fully saturated rings. The first-order valence-corrected chi connectivity index (χ1v) is 8.34. The zero-order chi connectivity index (χ0) is 15.5. The fourth-order valence-corrected chi connectivity index (χ4v) is 2.48. The molecular formula is C14H16N2O3S2. The number of fused-ring (bicyclic) bond motifs is 1. The summed E-state index contributed by atoms with van der Waals surface area (Å²) < 4.78 is 30.0. The van der Waals surface area contributed by atoms with Crippen molar-refractivity contribution < 1.29 is 13.0 Å². The van der Waals surface area contributed by atoms with E-state index in [2.05, 4.69) is 5.32 Å².